The molecule has 126 valence electrons. The molecular weight excluding hydrogens is 318 g/mol. The molecule has 1 amide bonds. The summed E-state index contributed by atoms with van der Waals surface area (Å²) in [5.41, 5.74) is 0.498. The molecular formula is C16H21NO5S. The second kappa shape index (κ2) is 6.62. The summed E-state index contributed by atoms with van der Waals surface area (Å²) < 4.78 is 34.1. The molecule has 0 spiro atoms. The Morgan fingerprint density at radius 3 is 2.43 bits per heavy atom. The van der Waals surface area contributed by atoms with Crippen LogP contribution in [0.15, 0.2) is 29.7 Å². The van der Waals surface area contributed by atoms with Crippen molar-refractivity contribution >= 4 is 21.4 Å². The number of hydrogen-bond acceptors (Lipinski definition) is 5. The van der Waals surface area contributed by atoms with Crippen molar-refractivity contribution in [1.82, 2.24) is 0 Å². The Labute approximate surface area is 136 Å². The summed E-state index contributed by atoms with van der Waals surface area (Å²) in [6.07, 6.45) is 1.54. The molecule has 1 unspecified atom stereocenters. The van der Waals surface area contributed by atoms with Crippen LogP contribution in [0.5, 0.6) is 11.5 Å². The first-order valence-corrected chi connectivity index (χ1v) is 8.96. The number of anilines is 1. The molecule has 0 aromatic heterocycles. The Bertz CT molecular complexity index is 724. The quantitative estimate of drug-likeness (QED) is 0.820. The summed E-state index contributed by atoms with van der Waals surface area (Å²) in [5, 5.41) is 1.16. The average molecular weight is 339 g/mol. The predicted molar refractivity (Wildman–Crippen MR) is 88.6 cm³/mol. The van der Waals surface area contributed by atoms with Gasteiger partial charge >= 0.3 is 0 Å². The maximum absolute atomic E-state index is 12.7. The van der Waals surface area contributed by atoms with Crippen LogP contribution in [0.4, 0.5) is 5.69 Å². The highest BCUT2D eigenvalue weighted by Crippen LogP contribution is 2.35. The Morgan fingerprint density at radius 2 is 1.96 bits per heavy atom. The van der Waals surface area contributed by atoms with Crippen molar-refractivity contribution in [2.24, 2.45) is 5.92 Å². The van der Waals surface area contributed by atoms with Gasteiger partial charge in [0.1, 0.15) is 11.5 Å². The molecule has 0 saturated carbocycles. The molecule has 7 heteroatoms. The fourth-order valence-corrected chi connectivity index (χ4v) is 3.71. The molecule has 1 aromatic rings. The molecule has 1 aliphatic rings. The van der Waals surface area contributed by atoms with Gasteiger partial charge in [-0.2, -0.15) is 0 Å². The lowest BCUT2D eigenvalue weighted by Gasteiger charge is -2.30. The zero-order valence-corrected chi connectivity index (χ0v) is 14.5. The average Bonchev–Trinajstić information content (AvgIpc) is 2.86. The lowest BCUT2D eigenvalue weighted by atomic mass is 10.1. The van der Waals surface area contributed by atoms with E-state index in [1.807, 2.05) is 0 Å². The van der Waals surface area contributed by atoms with Gasteiger partial charge in [0.25, 0.3) is 0 Å². The Hall–Kier alpha value is -2.02. The first-order chi connectivity index (χ1) is 10.8. The fourth-order valence-electron chi connectivity index (χ4n) is 2.44. The summed E-state index contributed by atoms with van der Waals surface area (Å²) in [5.74, 6) is 0.446. The zero-order chi connectivity index (χ0) is 17.2. The number of sulfone groups is 1. The normalized spacial score (nSPS) is 18.9. The second-order valence-corrected chi connectivity index (χ2v) is 7.56. The molecule has 1 heterocycles. The van der Waals surface area contributed by atoms with Crippen molar-refractivity contribution in [1.29, 1.82) is 0 Å². The lowest BCUT2D eigenvalue weighted by Crippen LogP contribution is -2.43. The van der Waals surface area contributed by atoms with Crippen molar-refractivity contribution in [3.8, 4) is 11.5 Å². The van der Waals surface area contributed by atoms with Gasteiger partial charge < -0.3 is 14.4 Å². The molecule has 23 heavy (non-hydrogen) atoms. The highest BCUT2D eigenvalue weighted by molar-refractivity contribution is 7.94. The fraction of sp³-hybridized carbons (Fsp3) is 0.438. The second-order valence-electron chi connectivity index (χ2n) is 5.63. The number of ether oxygens (including phenoxy) is 2. The molecule has 0 saturated heterocycles. The number of rotatable bonds is 5. The van der Waals surface area contributed by atoms with Gasteiger partial charge in [-0.3, -0.25) is 4.79 Å². The number of carbonyl (C=O) groups excluding carboxylic acids is 1. The van der Waals surface area contributed by atoms with Crippen LogP contribution in [0.1, 0.15) is 13.8 Å². The summed E-state index contributed by atoms with van der Waals surface area (Å²) >= 11 is 0. The summed E-state index contributed by atoms with van der Waals surface area (Å²) in [6.45, 7) is 3.55. The number of carbonyl (C=O) groups is 1. The van der Waals surface area contributed by atoms with E-state index in [1.54, 1.807) is 32.0 Å². The van der Waals surface area contributed by atoms with Gasteiger partial charge in [-0.15, -0.1) is 0 Å². The van der Waals surface area contributed by atoms with Gasteiger partial charge in [-0.1, -0.05) is 13.8 Å². The lowest BCUT2D eigenvalue weighted by molar-refractivity contribution is -0.121. The number of amides is 1. The van der Waals surface area contributed by atoms with E-state index in [-0.39, 0.29) is 17.6 Å². The van der Waals surface area contributed by atoms with Gasteiger partial charge in [0, 0.05) is 17.4 Å². The maximum atomic E-state index is 12.7. The van der Waals surface area contributed by atoms with Crippen LogP contribution in [-0.2, 0) is 14.6 Å². The van der Waals surface area contributed by atoms with E-state index in [1.165, 1.54) is 25.2 Å². The van der Waals surface area contributed by atoms with Crippen LogP contribution in [0, 0.1) is 5.92 Å². The minimum Gasteiger partial charge on any atom is -0.497 e. The van der Waals surface area contributed by atoms with Crippen molar-refractivity contribution in [3.05, 3.63) is 29.7 Å². The van der Waals surface area contributed by atoms with Crippen LogP contribution in [0.2, 0.25) is 0 Å². The Kier molecular flexibility index (Phi) is 4.99. The molecule has 6 nitrogen and oxygen atoms in total. The van der Waals surface area contributed by atoms with Crippen LogP contribution in [0.3, 0.4) is 0 Å². The van der Waals surface area contributed by atoms with Crippen molar-refractivity contribution in [2.75, 3.05) is 24.9 Å². The van der Waals surface area contributed by atoms with Crippen LogP contribution >= 0.6 is 0 Å². The van der Waals surface area contributed by atoms with Crippen LogP contribution in [0.25, 0.3) is 0 Å². The summed E-state index contributed by atoms with van der Waals surface area (Å²) in [7, 11) is -0.257. The molecule has 1 aliphatic heterocycles. The third-order valence-corrected chi connectivity index (χ3v) is 5.00. The third kappa shape index (κ3) is 3.67. The molecule has 1 atom stereocenters. The zero-order valence-electron chi connectivity index (χ0n) is 13.6. The molecule has 0 N–H and O–H groups in total. The predicted octanol–water partition coefficient (Wildman–Crippen LogP) is 2.00. The number of hydrogen-bond donors (Lipinski definition) is 0. The molecule has 0 radical (unpaired) electrons. The number of nitrogens with zero attached hydrogens (tertiary/aromatic N) is 1. The van der Waals surface area contributed by atoms with Gasteiger partial charge in [-0.25, -0.2) is 8.42 Å². The smallest absolute Gasteiger partial charge is 0.230 e. The van der Waals surface area contributed by atoms with E-state index >= 15 is 0 Å². The minimum absolute atomic E-state index is 0.133. The van der Waals surface area contributed by atoms with E-state index in [2.05, 4.69) is 0 Å². The SMILES string of the molecule is COc1ccc(OC)c(N(C(=O)C(C)C)C2C=CS(=O)(=O)C2)c1. The third-order valence-electron chi connectivity index (χ3n) is 3.62. The van der Waals surface area contributed by atoms with E-state index in [9.17, 15) is 13.2 Å². The highest BCUT2D eigenvalue weighted by Gasteiger charge is 2.34. The Balaban J connectivity index is 2.54. The largest absolute Gasteiger partial charge is 0.497 e. The molecule has 0 aliphatic carbocycles. The molecule has 0 bridgehead atoms. The van der Waals surface area contributed by atoms with Gasteiger partial charge in [0.05, 0.1) is 31.7 Å². The van der Waals surface area contributed by atoms with Gasteiger partial charge in [-0.05, 0) is 18.2 Å². The van der Waals surface area contributed by atoms with E-state index in [4.69, 9.17) is 9.47 Å². The van der Waals surface area contributed by atoms with E-state index in [0.717, 1.165) is 5.41 Å². The monoisotopic (exact) mass is 339 g/mol. The van der Waals surface area contributed by atoms with Gasteiger partial charge in [0.2, 0.25) is 5.91 Å². The van der Waals surface area contributed by atoms with Crippen LogP contribution in [-0.4, -0.2) is 40.3 Å². The topological polar surface area (TPSA) is 72.9 Å². The Morgan fingerprint density at radius 1 is 1.26 bits per heavy atom. The molecule has 2 rings (SSSR count). The van der Waals surface area contributed by atoms with Crippen molar-refractivity contribution in [3.63, 3.8) is 0 Å². The summed E-state index contributed by atoms with van der Waals surface area (Å²) in [6, 6.07) is 4.54. The first-order valence-electron chi connectivity index (χ1n) is 7.25. The maximum Gasteiger partial charge on any atom is 0.230 e. The van der Waals surface area contributed by atoms with Crippen molar-refractivity contribution < 1.29 is 22.7 Å². The van der Waals surface area contributed by atoms with Crippen LogP contribution < -0.4 is 14.4 Å². The first kappa shape index (κ1) is 17.3. The van der Waals surface area contributed by atoms with Crippen molar-refractivity contribution in [2.45, 2.75) is 19.9 Å². The van der Waals surface area contributed by atoms with E-state index < -0.39 is 15.9 Å². The molecule has 1 aromatic carbocycles. The number of benzene rings is 1. The van der Waals surface area contributed by atoms with E-state index in [0.29, 0.717) is 17.2 Å². The standard InChI is InChI=1S/C16H21NO5S/c1-11(2)16(18)17(12-7-8-23(19,20)10-12)14-9-13(21-3)5-6-15(14)22-4/h5-9,11-12H,10H2,1-4H3. The molecule has 0 fully saturated rings. The summed E-state index contributed by atoms with van der Waals surface area (Å²) in [4.78, 5) is 14.2. The van der Waals surface area contributed by atoms with Gasteiger partial charge in [0.15, 0.2) is 9.84 Å². The number of methoxy groups -OCH3 is 2. The highest BCUT2D eigenvalue weighted by atomic mass is 32.2. The minimum atomic E-state index is -3.29.